The van der Waals surface area contributed by atoms with Gasteiger partial charge in [-0.05, 0) is 42.9 Å². The van der Waals surface area contributed by atoms with Crippen LogP contribution < -0.4 is 0 Å². The van der Waals surface area contributed by atoms with Crippen LogP contribution in [0.25, 0.3) is 0 Å². The van der Waals surface area contributed by atoms with Gasteiger partial charge < -0.3 is 0 Å². The molecule has 0 nitrogen and oxygen atoms in total. The van der Waals surface area contributed by atoms with Crippen molar-refractivity contribution >= 4 is 0 Å². The predicted octanol–water partition coefficient (Wildman–Crippen LogP) is 5.44. The van der Waals surface area contributed by atoms with Gasteiger partial charge in [0.25, 0.3) is 0 Å². The summed E-state index contributed by atoms with van der Waals surface area (Å²) in [4.78, 5) is 0. The Labute approximate surface area is 103 Å². The highest BCUT2D eigenvalue weighted by Crippen LogP contribution is 2.43. The van der Waals surface area contributed by atoms with E-state index in [1.54, 1.807) is 0 Å². The van der Waals surface area contributed by atoms with Gasteiger partial charge in [-0.2, -0.15) is 0 Å². The van der Waals surface area contributed by atoms with Crippen molar-refractivity contribution in [2.75, 3.05) is 0 Å². The van der Waals surface area contributed by atoms with E-state index >= 15 is 0 Å². The van der Waals surface area contributed by atoms with E-state index in [4.69, 9.17) is 0 Å². The van der Waals surface area contributed by atoms with Crippen LogP contribution in [-0.4, -0.2) is 0 Å². The van der Waals surface area contributed by atoms with Crippen molar-refractivity contribution in [3.8, 4) is 0 Å². The molecule has 1 rings (SSSR count). The van der Waals surface area contributed by atoms with E-state index in [-0.39, 0.29) is 0 Å². The SMILES string of the molecule is CCCC1CC1C=CCCCC(C)C(C)C. The Morgan fingerprint density at radius 1 is 1.25 bits per heavy atom. The topological polar surface area (TPSA) is 0 Å². The van der Waals surface area contributed by atoms with Gasteiger partial charge in [-0.1, -0.05) is 59.1 Å². The Bertz CT molecular complexity index is 202. The Hall–Kier alpha value is -0.260. The lowest BCUT2D eigenvalue weighted by Gasteiger charge is -2.13. The van der Waals surface area contributed by atoms with Crippen molar-refractivity contribution in [2.24, 2.45) is 23.7 Å². The molecule has 0 heteroatoms. The Morgan fingerprint density at radius 2 is 2.00 bits per heavy atom. The van der Waals surface area contributed by atoms with E-state index < -0.39 is 0 Å². The summed E-state index contributed by atoms with van der Waals surface area (Å²) in [6, 6.07) is 0. The molecule has 1 aliphatic rings. The summed E-state index contributed by atoms with van der Waals surface area (Å²) in [5, 5.41) is 0. The fourth-order valence-corrected chi connectivity index (χ4v) is 2.37. The van der Waals surface area contributed by atoms with Gasteiger partial charge in [-0.15, -0.1) is 0 Å². The molecule has 3 unspecified atom stereocenters. The van der Waals surface area contributed by atoms with E-state index in [1.807, 2.05) is 0 Å². The lowest BCUT2D eigenvalue weighted by molar-refractivity contribution is 0.383. The molecule has 0 aromatic heterocycles. The summed E-state index contributed by atoms with van der Waals surface area (Å²) in [6.07, 6.45) is 13.3. The number of allylic oxidation sites excluding steroid dienone is 2. The van der Waals surface area contributed by atoms with Crippen LogP contribution in [-0.2, 0) is 0 Å². The summed E-state index contributed by atoms with van der Waals surface area (Å²) in [6.45, 7) is 9.35. The molecule has 3 atom stereocenters. The predicted molar refractivity (Wildman–Crippen MR) is 73.5 cm³/mol. The molecule has 94 valence electrons. The van der Waals surface area contributed by atoms with Gasteiger partial charge >= 0.3 is 0 Å². The van der Waals surface area contributed by atoms with Crippen LogP contribution in [0.1, 0.15) is 66.2 Å². The highest BCUT2D eigenvalue weighted by Gasteiger charge is 2.32. The quantitative estimate of drug-likeness (QED) is 0.379. The van der Waals surface area contributed by atoms with E-state index in [0.717, 1.165) is 23.7 Å². The number of rotatable bonds is 8. The van der Waals surface area contributed by atoms with E-state index in [9.17, 15) is 0 Å². The first-order chi connectivity index (χ1) is 7.65. The number of unbranched alkanes of at least 4 members (excludes halogenated alkanes) is 1. The summed E-state index contributed by atoms with van der Waals surface area (Å²) in [5.74, 6) is 3.72. The highest BCUT2D eigenvalue weighted by molar-refractivity contribution is 5.01. The van der Waals surface area contributed by atoms with Crippen LogP contribution in [0.3, 0.4) is 0 Å². The molecule has 0 heterocycles. The molecule has 0 saturated heterocycles. The van der Waals surface area contributed by atoms with Crippen molar-refractivity contribution in [2.45, 2.75) is 66.2 Å². The smallest absolute Gasteiger partial charge is 0.0202 e. The fraction of sp³-hybridized carbons (Fsp3) is 0.875. The molecule has 1 saturated carbocycles. The van der Waals surface area contributed by atoms with Gasteiger partial charge in [0.2, 0.25) is 0 Å². The van der Waals surface area contributed by atoms with Crippen molar-refractivity contribution in [3.05, 3.63) is 12.2 Å². The zero-order valence-electron chi connectivity index (χ0n) is 11.7. The minimum atomic E-state index is 0.848. The molecular formula is C16H30. The first-order valence-electron chi connectivity index (χ1n) is 7.31. The normalized spacial score (nSPS) is 26.6. The maximum absolute atomic E-state index is 2.49. The number of hydrogen-bond donors (Lipinski definition) is 0. The lowest BCUT2D eigenvalue weighted by Crippen LogP contribution is -2.02. The summed E-state index contributed by atoms with van der Waals surface area (Å²) < 4.78 is 0. The monoisotopic (exact) mass is 222 g/mol. The second-order valence-corrected chi connectivity index (χ2v) is 6.03. The van der Waals surface area contributed by atoms with Gasteiger partial charge in [0.15, 0.2) is 0 Å². The summed E-state index contributed by atoms with van der Waals surface area (Å²) >= 11 is 0. The zero-order chi connectivity index (χ0) is 12.0. The van der Waals surface area contributed by atoms with E-state index in [0.29, 0.717) is 0 Å². The largest absolute Gasteiger partial charge is 0.0882 e. The molecule has 0 aromatic rings. The van der Waals surface area contributed by atoms with Crippen molar-refractivity contribution in [1.82, 2.24) is 0 Å². The first-order valence-corrected chi connectivity index (χ1v) is 7.31. The van der Waals surface area contributed by atoms with E-state index in [1.165, 1.54) is 38.5 Å². The Balaban J connectivity index is 1.98. The summed E-state index contributed by atoms with van der Waals surface area (Å²) in [5.41, 5.74) is 0. The molecule has 1 fully saturated rings. The lowest BCUT2D eigenvalue weighted by atomic mass is 9.92. The van der Waals surface area contributed by atoms with Gasteiger partial charge in [-0.25, -0.2) is 0 Å². The van der Waals surface area contributed by atoms with Crippen molar-refractivity contribution < 1.29 is 0 Å². The second kappa shape index (κ2) is 7.14. The third kappa shape index (κ3) is 5.18. The molecule has 16 heavy (non-hydrogen) atoms. The van der Waals surface area contributed by atoms with Crippen LogP contribution in [0, 0.1) is 23.7 Å². The van der Waals surface area contributed by atoms with Crippen LogP contribution in [0.2, 0.25) is 0 Å². The van der Waals surface area contributed by atoms with Gasteiger partial charge in [0.05, 0.1) is 0 Å². The fourth-order valence-electron chi connectivity index (χ4n) is 2.37. The molecule has 0 bridgehead atoms. The molecule has 0 spiro atoms. The van der Waals surface area contributed by atoms with E-state index in [2.05, 4.69) is 39.8 Å². The molecular weight excluding hydrogens is 192 g/mol. The molecule has 0 aliphatic heterocycles. The molecule has 1 aliphatic carbocycles. The standard InChI is InChI=1S/C16H30/c1-5-9-15-12-16(15)11-8-6-7-10-14(4)13(2)3/h8,11,13-16H,5-7,9-10,12H2,1-4H3. The van der Waals surface area contributed by atoms with Gasteiger partial charge in [0, 0.05) is 0 Å². The number of hydrogen-bond acceptors (Lipinski definition) is 0. The molecule has 0 radical (unpaired) electrons. The Morgan fingerprint density at radius 3 is 2.62 bits per heavy atom. The third-order valence-corrected chi connectivity index (χ3v) is 4.19. The van der Waals surface area contributed by atoms with Crippen molar-refractivity contribution in [1.29, 1.82) is 0 Å². The molecule has 0 aromatic carbocycles. The molecule has 0 N–H and O–H groups in total. The van der Waals surface area contributed by atoms with Crippen LogP contribution >= 0.6 is 0 Å². The summed E-state index contributed by atoms with van der Waals surface area (Å²) in [7, 11) is 0. The second-order valence-electron chi connectivity index (χ2n) is 6.03. The average molecular weight is 222 g/mol. The maximum Gasteiger partial charge on any atom is -0.0202 e. The minimum Gasteiger partial charge on any atom is -0.0882 e. The van der Waals surface area contributed by atoms with Crippen LogP contribution in [0.4, 0.5) is 0 Å². The third-order valence-electron chi connectivity index (χ3n) is 4.19. The van der Waals surface area contributed by atoms with Gasteiger partial charge in [0.1, 0.15) is 0 Å². The minimum absolute atomic E-state index is 0.848. The zero-order valence-corrected chi connectivity index (χ0v) is 11.7. The maximum atomic E-state index is 2.49. The Kier molecular flexibility index (Phi) is 6.16. The first kappa shape index (κ1) is 13.8. The average Bonchev–Trinajstić information content (AvgIpc) is 2.96. The van der Waals surface area contributed by atoms with Crippen LogP contribution in [0.5, 0.6) is 0 Å². The highest BCUT2D eigenvalue weighted by atomic mass is 14.4. The van der Waals surface area contributed by atoms with Gasteiger partial charge in [-0.3, -0.25) is 0 Å². The van der Waals surface area contributed by atoms with Crippen molar-refractivity contribution in [3.63, 3.8) is 0 Å². The van der Waals surface area contributed by atoms with Crippen LogP contribution in [0.15, 0.2) is 12.2 Å². The molecule has 0 amide bonds.